The van der Waals surface area contributed by atoms with Crippen molar-refractivity contribution < 1.29 is 4.74 Å². The van der Waals surface area contributed by atoms with E-state index in [0.29, 0.717) is 5.82 Å². The monoisotopic (exact) mass is 180 g/mol. The minimum absolute atomic E-state index is 0.141. The molecule has 0 bridgehead atoms. The second-order valence-corrected chi connectivity index (χ2v) is 3.63. The molecule has 0 unspecified atom stereocenters. The van der Waals surface area contributed by atoms with Gasteiger partial charge in [0.1, 0.15) is 17.2 Å². The number of hydrogen-bond acceptors (Lipinski definition) is 3. The van der Waals surface area contributed by atoms with Crippen LogP contribution in [0.4, 0.5) is 5.82 Å². The van der Waals surface area contributed by atoms with Crippen molar-refractivity contribution in [2.45, 2.75) is 32.8 Å². The maximum Gasteiger partial charge on any atom is 0.138 e. The summed E-state index contributed by atoms with van der Waals surface area (Å²) in [7, 11) is 0. The van der Waals surface area contributed by atoms with E-state index in [9.17, 15) is 0 Å². The first-order valence-electron chi connectivity index (χ1n) is 4.44. The molecule has 1 heterocycles. The molecule has 0 aliphatic heterocycles. The van der Waals surface area contributed by atoms with Gasteiger partial charge in [0.2, 0.25) is 0 Å². The molecule has 0 atom stereocenters. The van der Waals surface area contributed by atoms with Crippen LogP contribution in [0.25, 0.3) is 0 Å². The Morgan fingerprint density at radius 3 is 2.62 bits per heavy atom. The van der Waals surface area contributed by atoms with Crippen LogP contribution in [0.2, 0.25) is 0 Å². The van der Waals surface area contributed by atoms with Gasteiger partial charge in [0.05, 0.1) is 6.20 Å². The van der Waals surface area contributed by atoms with Crippen molar-refractivity contribution in [3.8, 4) is 5.75 Å². The minimum Gasteiger partial charge on any atom is -0.486 e. The molecular formula is C10H16N2O. The number of ether oxygens (including phenoxy) is 1. The van der Waals surface area contributed by atoms with Crippen molar-refractivity contribution in [3.63, 3.8) is 0 Å². The van der Waals surface area contributed by atoms with Crippen molar-refractivity contribution >= 4 is 5.82 Å². The third kappa shape index (κ3) is 2.93. The normalized spacial score (nSPS) is 11.3. The van der Waals surface area contributed by atoms with E-state index in [1.807, 2.05) is 19.9 Å². The molecule has 0 amide bonds. The molecule has 0 aromatic carbocycles. The summed E-state index contributed by atoms with van der Waals surface area (Å²) < 4.78 is 5.69. The van der Waals surface area contributed by atoms with E-state index in [-0.39, 0.29) is 5.60 Å². The van der Waals surface area contributed by atoms with Crippen molar-refractivity contribution in [1.82, 2.24) is 4.98 Å². The molecule has 0 saturated heterocycles. The number of hydrogen-bond donors (Lipinski definition) is 1. The zero-order valence-corrected chi connectivity index (χ0v) is 8.37. The Morgan fingerprint density at radius 1 is 1.46 bits per heavy atom. The van der Waals surface area contributed by atoms with Gasteiger partial charge in [0.15, 0.2) is 0 Å². The highest BCUT2D eigenvalue weighted by Crippen LogP contribution is 2.19. The summed E-state index contributed by atoms with van der Waals surface area (Å²) in [5.74, 6) is 1.28. The van der Waals surface area contributed by atoms with Crippen LogP contribution in [0.15, 0.2) is 18.3 Å². The first-order chi connectivity index (χ1) is 6.03. The lowest BCUT2D eigenvalue weighted by molar-refractivity contribution is 0.105. The summed E-state index contributed by atoms with van der Waals surface area (Å²) in [4.78, 5) is 3.95. The van der Waals surface area contributed by atoms with Crippen LogP contribution in [0.5, 0.6) is 5.75 Å². The highest BCUT2D eigenvalue weighted by molar-refractivity contribution is 5.32. The quantitative estimate of drug-likeness (QED) is 0.776. The molecule has 0 aliphatic rings. The van der Waals surface area contributed by atoms with E-state index in [1.165, 1.54) is 0 Å². The van der Waals surface area contributed by atoms with Gasteiger partial charge in [0, 0.05) is 0 Å². The van der Waals surface area contributed by atoms with Crippen LogP contribution in [-0.2, 0) is 0 Å². The molecule has 72 valence electrons. The van der Waals surface area contributed by atoms with Gasteiger partial charge in [-0.25, -0.2) is 4.98 Å². The maximum absolute atomic E-state index is 5.69. The van der Waals surface area contributed by atoms with E-state index in [2.05, 4.69) is 11.9 Å². The lowest BCUT2D eigenvalue weighted by Gasteiger charge is -2.24. The summed E-state index contributed by atoms with van der Waals surface area (Å²) in [6.45, 7) is 6.18. The third-order valence-electron chi connectivity index (χ3n) is 2.00. The molecule has 0 spiro atoms. The average Bonchev–Trinajstić information content (AvgIpc) is 2.09. The van der Waals surface area contributed by atoms with Crippen molar-refractivity contribution in [3.05, 3.63) is 18.3 Å². The Labute approximate surface area is 78.9 Å². The zero-order chi connectivity index (χ0) is 9.90. The molecule has 3 nitrogen and oxygen atoms in total. The molecular weight excluding hydrogens is 164 g/mol. The van der Waals surface area contributed by atoms with Gasteiger partial charge in [-0.05, 0) is 32.4 Å². The van der Waals surface area contributed by atoms with Crippen LogP contribution in [0.3, 0.4) is 0 Å². The Bertz CT molecular complexity index is 267. The molecule has 1 rings (SSSR count). The standard InChI is InChI=1S/C10H16N2O/c1-4-10(2,3)13-8-5-6-9(11)12-7-8/h5-7H,4H2,1-3H3,(H2,11,12). The van der Waals surface area contributed by atoms with E-state index < -0.39 is 0 Å². The predicted molar refractivity (Wildman–Crippen MR) is 53.6 cm³/mol. The van der Waals surface area contributed by atoms with Gasteiger partial charge >= 0.3 is 0 Å². The molecule has 13 heavy (non-hydrogen) atoms. The fourth-order valence-corrected chi connectivity index (χ4v) is 0.843. The lowest BCUT2D eigenvalue weighted by Crippen LogP contribution is -2.26. The summed E-state index contributed by atoms with van der Waals surface area (Å²) in [6, 6.07) is 3.57. The molecule has 0 saturated carbocycles. The molecule has 0 aliphatic carbocycles. The first-order valence-corrected chi connectivity index (χ1v) is 4.44. The van der Waals surface area contributed by atoms with Crippen LogP contribution >= 0.6 is 0 Å². The Hall–Kier alpha value is -1.25. The zero-order valence-electron chi connectivity index (χ0n) is 8.37. The van der Waals surface area contributed by atoms with Gasteiger partial charge in [-0.2, -0.15) is 0 Å². The van der Waals surface area contributed by atoms with Crippen LogP contribution < -0.4 is 10.5 Å². The summed E-state index contributed by atoms with van der Waals surface area (Å²) >= 11 is 0. The number of pyridine rings is 1. The fourth-order valence-electron chi connectivity index (χ4n) is 0.843. The Kier molecular flexibility index (Phi) is 2.76. The number of nitrogen functional groups attached to an aromatic ring is 1. The van der Waals surface area contributed by atoms with Crippen LogP contribution in [0, 0.1) is 0 Å². The molecule has 1 aromatic rings. The van der Waals surface area contributed by atoms with Crippen LogP contribution in [-0.4, -0.2) is 10.6 Å². The van der Waals surface area contributed by atoms with Gasteiger partial charge in [0.25, 0.3) is 0 Å². The second kappa shape index (κ2) is 3.64. The number of nitrogens with two attached hydrogens (primary N) is 1. The minimum atomic E-state index is -0.141. The van der Waals surface area contributed by atoms with Gasteiger partial charge in [-0.3, -0.25) is 0 Å². The van der Waals surface area contributed by atoms with E-state index in [4.69, 9.17) is 10.5 Å². The van der Waals surface area contributed by atoms with Crippen molar-refractivity contribution in [2.24, 2.45) is 0 Å². The number of aromatic nitrogens is 1. The summed E-state index contributed by atoms with van der Waals surface area (Å²) in [6.07, 6.45) is 2.60. The molecule has 1 aromatic heterocycles. The second-order valence-electron chi connectivity index (χ2n) is 3.63. The highest BCUT2D eigenvalue weighted by atomic mass is 16.5. The predicted octanol–water partition coefficient (Wildman–Crippen LogP) is 2.23. The third-order valence-corrected chi connectivity index (χ3v) is 2.00. The average molecular weight is 180 g/mol. The topological polar surface area (TPSA) is 48.1 Å². The molecule has 0 radical (unpaired) electrons. The maximum atomic E-state index is 5.69. The molecule has 0 fully saturated rings. The number of rotatable bonds is 3. The smallest absolute Gasteiger partial charge is 0.138 e. The van der Waals surface area contributed by atoms with Gasteiger partial charge in [-0.15, -0.1) is 0 Å². The Balaban J connectivity index is 2.69. The van der Waals surface area contributed by atoms with Gasteiger partial charge in [-0.1, -0.05) is 6.92 Å². The fraction of sp³-hybridized carbons (Fsp3) is 0.500. The van der Waals surface area contributed by atoms with E-state index in [0.717, 1.165) is 12.2 Å². The number of anilines is 1. The molecule has 3 heteroatoms. The summed E-state index contributed by atoms with van der Waals surface area (Å²) in [5.41, 5.74) is 5.32. The van der Waals surface area contributed by atoms with Crippen molar-refractivity contribution in [2.75, 3.05) is 5.73 Å². The van der Waals surface area contributed by atoms with E-state index in [1.54, 1.807) is 12.3 Å². The van der Waals surface area contributed by atoms with Gasteiger partial charge < -0.3 is 10.5 Å². The van der Waals surface area contributed by atoms with Crippen molar-refractivity contribution in [1.29, 1.82) is 0 Å². The summed E-state index contributed by atoms with van der Waals surface area (Å²) in [5, 5.41) is 0. The SMILES string of the molecule is CCC(C)(C)Oc1ccc(N)nc1. The largest absolute Gasteiger partial charge is 0.486 e. The first kappa shape index (κ1) is 9.84. The molecule has 2 N–H and O–H groups in total. The number of nitrogens with zero attached hydrogens (tertiary/aromatic N) is 1. The Morgan fingerprint density at radius 2 is 2.15 bits per heavy atom. The highest BCUT2D eigenvalue weighted by Gasteiger charge is 2.16. The lowest BCUT2D eigenvalue weighted by atomic mass is 10.1. The van der Waals surface area contributed by atoms with E-state index >= 15 is 0 Å². The van der Waals surface area contributed by atoms with Crippen LogP contribution in [0.1, 0.15) is 27.2 Å².